The summed E-state index contributed by atoms with van der Waals surface area (Å²) in [7, 11) is 0. The van der Waals surface area contributed by atoms with Crippen molar-refractivity contribution < 1.29 is 28.6 Å². The van der Waals surface area contributed by atoms with E-state index < -0.39 is 6.10 Å². The van der Waals surface area contributed by atoms with Crippen LogP contribution in [0.5, 0.6) is 0 Å². The molecule has 0 N–H and O–H groups in total. The van der Waals surface area contributed by atoms with Crippen molar-refractivity contribution in [3.8, 4) is 0 Å². The molecule has 0 fully saturated rings. The number of hydrogen-bond acceptors (Lipinski definition) is 6. The fraction of sp³-hybridized carbons (Fsp3) is 0.776. The lowest BCUT2D eigenvalue weighted by atomic mass is 10.0. The first-order valence-electron chi connectivity index (χ1n) is 27.3. The van der Waals surface area contributed by atoms with Crippen LogP contribution in [0.3, 0.4) is 0 Å². The largest absolute Gasteiger partial charge is 0.462 e. The summed E-state index contributed by atoms with van der Waals surface area (Å²) in [6.45, 7) is 6.48. The van der Waals surface area contributed by atoms with Gasteiger partial charge in [0.05, 0.1) is 0 Å². The zero-order valence-corrected chi connectivity index (χ0v) is 42.3. The molecule has 0 saturated carbocycles. The number of hydrogen-bond donors (Lipinski definition) is 0. The summed E-state index contributed by atoms with van der Waals surface area (Å²) < 4.78 is 16.8. The van der Waals surface area contributed by atoms with Crippen LogP contribution in [-0.4, -0.2) is 37.2 Å². The minimum absolute atomic E-state index is 0.0806. The lowest BCUT2D eigenvalue weighted by Gasteiger charge is -2.18. The summed E-state index contributed by atoms with van der Waals surface area (Å²) in [6.07, 6.45) is 64.9. The lowest BCUT2D eigenvalue weighted by Crippen LogP contribution is -2.30. The van der Waals surface area contributed by atoms with Gasteiger partial charge in [-0.05, 0) is 64.2 Å². The Morgan fingerprint density at radius 2 is 0.609 bits per heavy atom. The maximum atomic E-state index is 12.8. The second kappa shape index (κ2) is 52.7. The normalized spacial score (nSPS) is 12.5. The van der Waals surface area contributed by atoms with Crippen molar-refractivity contribution in [1.82, 2.24) is 0 Å². The number of ether oxygens (including phenoxy) is 3. The zero-order valence-electron chi connectivity index (χ0n) is 42.3. The van der Waals surface area contributed by atoms with Gasteiger partial charge >= 0.3 is 17.9 Å². The maximum absolute atomic E-state index is 12.8. The highest BCUT2D eigenvalue weighted by atomic mass is 16.6. The highest BCUT2D eigenvalue weighted by molar-refractivity contribution is 5.71. The van der Waals surface area contributed by atoms with E-state index in [1.54, 1.807) is 0 Å². The van der Waals surface area contributed by atoms with Gasteiger partial charge in [0.1, 0.15) is 13.2 Å². The van der Waals surface area contributed by atoms with Gasteiger partial charge in [0, 0.05) is 19.3 Å². The van der Waals surface area contributed by atoms with Crippen molar-refractivity contribution in [1.29, 1.82) is 0 Å². The van der Waals surface area contributed by atoms with Gasteiger partial charge in [0.25, 0.3) is 0 Å². The minimum Gasteiger partial charge on any atom is -0.462 e. The molecule has 0 aromatic rings. The van der Waals surface area contributed by atoms with Crippen LogP contribution in [0.1, 0.15) is 271 Å². The van der Waals surface area contributed by atoms with Crippen LogP contribution in [0.2, 0.25) is 0 Å². The van der Waals surface area contributed by atoms with Gasteiger partial charge in [-0.2, -0.15) is 0 Å². The Bertz CT molecular complexity index is 1170. The molecule has 370 valence electrons. The summed E-state index contributed by atoms with van der Waals surface area (Å²) in [4.78, 5) is 38.0. The third-order valence-corrected chi connectivity index (χ3v) is 11.8. The highest BCUT2D eigenvalue weighted by Crippen LogP contribution is 2.16. The minimum atomic E-state index is -0.781. The third-order valence-electron chi connectivity index (χ3n) is 11.8. The summed E-state index contributed by atoms with van der Waals surface area (Å²) in [5, 5.41) is 0. The first kappa shape index (κ1) is 61.1. The number of esters is 3. The van der Waals surface area contributed by atoms with Crippen LogP contribution in [-0.2, 0) is 28.6 Å². The molecule has 0 amide bonds. The first-order chi connectivity index (χ1) is 31.5. The Morgan fingerprint density at radius 3 is 0.984 bits per heavy atom. The molecular weight excluding hydrogens is 793 g/mol. The second-order valence-corrected chi connectivity index (χ2v) is 18.2. The Morgan fingerprint density at radius 1 is 0.328 bits per heavy atom. The standard InChI is InChI=1S/C58H102O6/c1-4-7-10-13-16-19-22-25-27-28-29-30-31-34-36-39-42-45-48-51-57(60)63-54-55(53-62-56(59)50-47-44-41-38-35-32-24-21-18-15-12-9-6-3)64-58(61)52-49-46-43-40-37-33-26-23-20-17-14-11-8-5-2/h9,12,15-16,18-19,21-22,24-25,55H,4-8,10-11,13-14,17,20,23,26-54H2,1-3H3/b12-9+,18-15+,19-16+,24-21+,25-22+. The molecule has 0 heterocycles. The number of carbonyl (C=O) groups is 3. The van der Waals surface area contributed by atoms with Gasteiger partial charge in [-0.3, -0.25) is 14.4 Å². The van der Waals surface area contributed by atoms with E-state index in [1.165, 1.54) is 148 Å². The van der Waals surface area contributed by atoms with Crippen molar-refractivity contribution >= 4 is 17.9 Å². The van der Waals surface area contributed by atoms with Crippen LogP contribution in [0.15, 0.2) is 60.8 Å². The van der Waals surface area contributed by atoms with E-state index in [9.17, 15) is 14.4 Å². The maximum Gasteiger partial charge on any atom is 0.306 e. The second-order valence-electron chi connectivity index (χ2n) is 18.2. The summed E-state index contributed by atoms with van der Waals surface area (Å²) >= 11 is 0. The van der Waals surface area contributed by atoms with Crippen molar-refractivity contribution in [3.05, 3.63) is 60.8 Å². The summed E-state index contributed by atoms with van der Waals surface area (Å²) in [5.74, 6) is -0.896. The molecule has 0 saturated heterocycles. The molecule has 0 aromatic heterocycles. The molecule has 0 aliphatic rings. The van der Waals surface area contributed by atoms with Crippen LogP contribution >= 0.6 is 0 Å². The molecule has 0 radical (unpaired) electrons. The number of unbranched alkanes of at least 4 members (excludes halogenated alkanes) is 31. The Kier molecular flexibility index (Phi) is 50.4. The summed E-state index contributed by atoms with van der Waals surface area (Å²) in [6, 6.07) is 0. The molecule has 6 nitrogen and oxygen atoms in total. The smallest absolute Gasteiger partial charge is 0.306 e. The average Bonchev–Trinajstić information content (AvgIpc) is 3.29. The van der Waals surface area contributed by atoms with Crippen LogP contribution in [0.4, 0.5) is 0 Å². The zero-order chi connectivity index (χ0) is 46.5. The van der Waals surface area contributed by atoms with Gasteiger partial charge in [-0.15, -0.1) is 0 Å². The molecule has 1 atom stereocenters. The summed E-state index contributed by atoms with van der Waals surface area (Å²) in [5.41, 5.74) is 0. The Labute approximate surface area is 396 Å². The highest BCUT2D eigenvalue weighted by Gasteiger charge is 2.19. The molecule has 0 aromatic carbocycles. The molecule has 6 heteroatoms. The van der Waals surface area contributed by atoms with Gasteiger partial charge < -0.3 is 14.2 Å². The predicted octanol–water partition coefficient (Wildman–Crippen LogP) is 18.0. The monoisotopic (exact) mass is 895 g/mol. The quantitative estimate of drug-likeness (QED) is 0.0262. The Balaban J connectivity index is 4.35. The topological polar surface area (TPSA) is 78.9 Å². The van der Waals surface area contributed by atoms with Crippen molar-refractivity contribution in [2.75, 3.05) is 13.2 Å². The van der Waals surface area contributed by atoms with Crippen LogP contribution in [0.25, 0.3) is 0 Å². The SMILES string of the molecule is CC/C=C/C=C/C=C/CCCCCCCC(=O)OCC(COC(=O)CCCCCCCCCCCC/C=C/C=C/CCCCC)OC(=O)CCCCCCCCCCCCCCCC. The van der Waals surface area contributed by atoms with E-state index >= 15 is 0 Å². The molecule has 0 aliphatic carbocycles. The van der Waals surface area contributed by atoms with Crippen LogP contribution < -0.4 is 0 Å². The molecular formula is C58H102O6. The van der Waals surface area contributed by atoms with E-state index in [2.05, 4.69) is 81.5 Å². The molecule has 0 spiro atoms. The number of rotatable bonds is 49. The van der Waals surface area contributed by atoms with E-state index in [0.29, 0.717) is 19.3 Å². The fourth-order valence-corrected chi connectivity index (χ4v) is 7.73. The Hall–Kier alpha value is -2.89. The van der Waals surface area contributed by atoms with Gasteiger partial charge in [0.2, 0.25) is 0 Å². The molecule has 1 unspecified atom stereocenters. The number of allylic oxidation sites excluding steroid dienone is 10. The fourth-order valence-electron chi connectivity index (χ4n) is 7.73. The predicted molar refractivity (Wildman–Crippen MR) is 275 cm³/mol. The van der Waals surface area contributed by atoms with E-state index in [-0.39, 0.29) is 31.1 Å². The van der Waals surface area contributed by atoms with Gasteiger partial charge in [-0.1, -0.05) is 248 Å². The number of carbonyl (C=O) groups excluding carboxylic acids is 3. The first-order valence-corrected chi connectivity index (χ1v) is 27.3. The van der Waals surface area contributed by atoms with E-state index in [1.807, 2.05) is 0 Å². The molecule has 0 bridgehead atoms. The third kappa shape index (κ3) is 50.1. The van der Waals surface area contributed by atoms with Crippen molar-refractivity contribution in [2.24, 2.45) is 0 Å². The lowest BCUT2D eigenvalue weighted by molar-refractivity contribution is -0.167. The van der Waals surface area contributed by atoms with Gasteiger partial charge in [-0.25, -0.2) is 0 Å². The van der Waals surface area contributed by atoms with Crippen molar-refractivity contribution in [3.63, 3.8) is 0 Å². The molecule has 0 aliphatic heterocycles. The average molecular weight is 895 g/mol. The van der Waals surface area contributed by atoms with E-state index in [4.69, 9.17) is 14.2 Å². The molecule has 0 rings (SSSR count). The van der Waals surface area contributed by atoms with Crippen LogP contribution in [0, 0.1) is 0 Å². The van der Waals surface area contributed by atoms with Gasteiger partial charge in [0.15, 0.2) is 6.10 Å². The van der Waals surface area contributed by atoms with Crippen molar-refractivity contribution in [2.45, 2.75) is 277 Å². The van der Waals surface area contributed by atoms with E-state index in [0.717, 1.165) is 83.5 Å². The molecule has 64 heavy (non-hydrogen) atoms.